The van der Waals surface area contributed by atoms with Crippen molar-refractivity contribution in [3.8, 4) is 11.1 Å². The van der Waals surface area contributed by atoms with E-state index in [1.54, 1.807) is 0 Å². The molecular formula is C70H79BN2S. The summed E-state index contributed by atoms with van der Waals surface area (Å²) in [6.07, 6.45) is 4.70. The number of fused-ring (bicyclic) bond motifs is 10. The summed E-state index contributed by atoms with van der Waals surface area (Å²) in [6.45, 7) is 41.3. The lowest BCUT2D eigenvalue weighted by atomic mass is 9.33. The SMILES string of the molecule is CC(C)(C)c1ccc(N2c3cc(C(C)(C)C)cc4c3B(c3cc5c(cc3N4c3ccc4c(c3)C(C)(C)CCC4(C)C)C(C)(C)CCC5(C)C)c3ccc4sc5c(C(C)(C)C)cccc5c4c32)c(-c2ccccc2)c1. The van der Waals surface area contributed by atoms with Gasteiger partial charge in [0.05, 0.1) is 11.4 Å². The third kappa shape index (κ3) is 7.44. The monoisotopic (exact) mass is 991 g/mol. The van der Waals surface area contributed by atoms with E-state index in [0.717, 1.165) is 0 Å². The Morgan fingerprint density at radius 3 is 1.68 bits per heavy atom. The number of benzene rings is 7. The smallest absolute Gasteiger partial charge is 0.252 e. The molecule has 0 saturated heterocycles. The summed E-state index contributed by atoms with van der Waals surface area (Å²) in [5.74, 6) is 0. The lowest BCUT2D eigenvalue weighted by molar-refractivity contribution is 0.332. The van der Waals surface area contributed by atoms with Crippen LogP contribution in [0.2, 0.25) is 0 Å². The van der Waals surface area contributed by atoms with Crippen molar-refractivity contribution in [2.24, 2.45) is 0 Å². The fourth-order valence-corrected chi connectivity index (χ4v) is 15.2. The molecule has 0 unspecified atom stereocenters. The molecule has 12 rings (SSSR count). The largest absolute Gasteiger partial charge is 0.311 e. The Kier molecular flexibility index (Phi) is 10.7. The lowest BCUT2D eigenvalue weighted by Crippen LogP contribution is -2.62. The molecule has 2 aliphatic heterocycles. The van der Waals surface area contributed by atoms with Gasteiger partial charge >= 0.3 is 0 Å². The molecule has 378 valence electrons. The van der Waals surface area contributed by atoms with E-state index in [0.29, 0.717) is 0 Å². The second kappa shape index (κ2) is 16.0. The van der Waals surface area contributed by atoms with Gasteiger partial charge in [0.15, 0.2) is 0 Å². The Morgan fingerprint density at radius 1 is 0.459 bits per heavy atom. The number of nitrogens with zero attached hydrogens (tertiary/aromatic N) is 2. The van der Waals surface area contributed by atoms with E-state index in [1.807, 2.05) is 11.3 Å². The molecule has 0 bridgehead atoms. The average Bonchev–Trinajstić information content (AvgIpc) is 3.72. The van der Waals surface area contributed by atoms with Crippen LogP contribution in [-0.2, 0) is 37.9 Å². The fourth-order valence-electron chi connectivity index (χ4n) is 13.7. The molecule has 0 N–H and O–H groups in total. The number of thiophene rings is 1. The van der Waals surface area contributed by atoms with Crippen LogP contribution in [0.5, 0.6) is 0 Å². The van der Waals surface area contributed by atoms with Gasteiger partial charge in [0.25, 0.3) is 6.71 Å². The van der Waals surface area contributed by atoms with Crippen LogP contribution in [0.15, 0.2) is 121 Å². The predicted octanol–water partition coefficient (Wildman–Crippen LogP) is 18.4. The standard InChI is InChI=1S/C70H79BN2S/c1-64(2,3)43-26-30-55(47(36-43)42-22-19-18-20-23-42)73-58-38-44(65(4,5)6)37-57-61(58)71(53-29-31-59-60(62(53)73)46-24-21-25-49(63(46)74-59)66(7,8)9)54-40-51-52(70(16,17)35-34-69(51,14)15)41-56(54)72(57)45-27-28-48-50(39-45)68(12,13)33-32-67(48,10)11/h18-31,36-41H,32-35H2,1-17H3. The number of anilines is 6. The first-order valence-corrected chi connectivity index (χ1v) is 28.7. The van der Waals surface area contributed by atoms with Gasteiger partial charge in [-0.2, -0.15) is 0 Å². The van der Waals surface area contributed by atoms with Crippen molar-refractivity contribution in [1.29, 1.82) is 0 Å². The van der Waals surface area contributed by atoms with Gasteiger partial charge in [0.2, 0.25) is 0 Å². The molecule has 8 aromatic rings. The maximum Gasteiger partial charge on any atom is 0.252 e. The van der Waals surface area contributed by atoms with Crippen LogP contribution in [-0.4, -0.2) is 6.71 Å². The van der Waals surface area contributed by atoms with Crippen molar-refractivity contribution in [3.63, 3.8) is 0 Å². The van der Waals surface area contributed by atoms with Gasteiger partial charge < -0.3 is 9.80 Å². The summed E-state index contributed by atoms with van der Waals surface area (Å²) >= 11 is 1.98. The van der Waals surface area contributed by atoms with Gasteiger partial charge in [-0.3, -0.25) is 0 Å². The molecule has 2 aliphatic carbocycles. The van der Waals surface area contributed by atoms with Gasteiger partial charge in [0, 0.05) is 48.5 Å². The predicted molar refractivity (Wildman–Crippen MR) is 325 cm³/mol. The van der Waals surface area contributed by atoms with E-state index in [1.165, 1.54) is 146 Å². The molecule has 0 fully saturated rings. The quantitative estimate of drug-likeness (QED) is 0.163. The zero-order valence-electron chi connectivity index (χ0n) is 47.8. The van der Waals surface area contributed by atoms with Crippen LogP contribution in [0.4, 0.5) is 34.1 Å². The second-order valence-corrected chi connectivity index (χ2v) is 29.8. The van der Waals surface area contributed by atoms with Crippen molar-refractivity contribution in [3.05, 3.63) is 160 Å². The molecule has 1 aromatic heterocycles. The summed E-state index contributed by atoms with van der Waals surface area (Å²) in [7, 11) is 0. The normalized spacial score (nSPS) is 18.2. The number of hydrogen-bond donors (Lipinski definition) is 0. The molecule has 4 aliphatic rings. The van der Waals surface area contributed by atoms with Crippen LogP contribution in [0.3, 0.4) is 0 Å². The minimum absolute atomic E-state index is 0.00942. The summed E-state index contributed by atoms with van der Waals surface area (Å²) in [4.78, 5) is 5.51. The molecule has 0 radical (unpaired) electrons. The first kappa shape index (κ1) is 49.3. The van der Waals surface area contributed by atoms with Gasteiger partial charge in [-0.05, 0) is 173 Å². The summed E-state index contributed by atoms with van der Waals surface area (Å²) < 4.78 is 2.74. The van der Waals surface area contributed by atoms with Crippen molar-refractivity contribution in [2.45, 2.75) is 181 Å². The third-order valence-corrected chi connectivity index (χ3v) is 19.8. The highest BCUT2D eigenvalue weighted by Gasteiger charge is 2.49. The van der Waals surface area contributed by atoms with Crippen molar-refractivity contribution >= 4 is 88.7 Å². The Bertz CT molecular complexity index is 3630. The highest BCUT2D eigenvalue weighted by Crippen LogP contribution is 2.56. The molecule has 4 heteroatoms. The Balaban J connectivity index is 1.28. The highest BCUT2D eigenvalue weighted by molar-refractivity contribution is 7.26. The molecule has 74 heavy (non-hydrogen) atoms. The Hall–Kier alpha value is -5.58. The number of hydrogen-bond acceptors (Lipinski definition) is 3. The minimum atomic E-state index is -0.149. The van der Waals surface area contributed by atoms with Crippen LogP contribution in [0, 0.1) is 0 Å². The fraction of sp³-hybridized carbons (Fsp3) is 0.400. The minimum Gasteiger partial charge on any atom is -0.311 e. The summed E-state index contributed by atoms with van der Waals surface area (Å²) in [5, 5.41) is 2.72. The summed E-state index contributed by atoms with van der Waals surface area (Å²) in [6, 6.07) is 49.0. The molecular weight excluding hydrogens is 912 g/mol. The van der Waals surface area contributed by atoms with E-state index >= 15 is 0 Å². The van der Waals surface area contributed by atoms with Crippen molar-refractivity contribution in [1.82, 2.24) is 0 Å². The number of rotatable bonds is 3. The second-order valence-electron chi connectivity index (χ2n) is 28.8. The zero-order valence-corrected chi connectivity index (χ0v) is 48.6. The molecule has 3 heterocycles. The molecule has 7 aromatic carbocycles. The van der Waals surface area contributed by atoms with Gasteiger partial charge in [-0.25, -0.2) is 0 Å². The first-order valence-electron chi connectivity index (χ1n) is 27.9. The first-order chi connectivity index (χ1) is 34.6. The van der Waals surface area contributed by atoms with Crippen LogP contribution in [0.25, 0.3) is 31.3 Å². The third-order valence-electron chi connectivity index (χ3n) is 18.6. The highest BCUT2D eigenvalue weighted by atomic mass is 32.1. The van der Waals surface area contributed by atoms with E-state index in [4.69, 9.17) is 0 Å². The molecule has 0 atom stereocenters. The van der Waals surface area contributed by atoms with Crippen molar-refractivity contribution < 1.29 is 0 Å². The van der Waals surface area contributed by atoms with Gasteiger partial charge in [-0.15, -0.1) is 11.3 Å². The van der Waals surface area contributed by atoms with Crippen LogP contribution >= 0.6 is 11.3 Å². The molecule has 0 spiro atoms. The Labute approximate surface area is 448 Å². The van der Waals surface area contributed by atoms with E-state index in [-0.39, 0.29) is 44.6 Å². The zero-order chi connectivity index (χ0) is 52.6. The van der Waals surface area contributed by atoms with Gasteiger partial charge in [0.1, 0.15) is 0 Å². The molecule has 2 nitrogen and oxygen atoms in total. The topological polar surface area (TPSA) is 6.48 Å². The van der Waals surface area contributed by atoms with E-state index in [2.05, 4.69) is 249 Å². The Morgan fingerprint density at radius 2 is 1.05 bits per heavy atom. The van der Waals surface area contributed by atoms with Crippen LogP contribution in [0.1, 0.15) is 182 Å². The maximum absolute atomic E-state index is 2.76. The van der Waals surface area contributed by atoms with Crippen LogP contribution < -0.4 is 26.2 Å². The van der Waals surface area contributed by atoms with Crippen molar-refractivity contribution in [2.75, 3.05) is 9.80 Å². The lowest BCUT2D eigenvalue weighted by Gasteiger charge is -2.48. The van der Waals surface area contributed by atoms with E-state index < -0.39 is 0 Å². The van der Waals surface area contributed by atoms with Gasteiger partial charge in [-0.1, -0.05) is 190 Å². The molecule has 0 amide bonds. The average molecular weight is 991 g/mol. The maximum atomic E-state index is 2.76. The van der Waals surface area contributed by atoms with E-state index in [9.17, 15) is 0 Å². The summed E-state index contributed by atoms with van der Waals surface area (Å²) in [5.41, 5.74) is 24.6. The molecule has 0 saturated carbocycles.